The molecule has 0 aromatic carbocycles. The first kappa shape index (κ1) is 98.5. The van der Waals surface area contributed by atoms with Crippen molar-refractivity contribution in [1.82, 2.24) is 0 Å². The normalized spacial score (nSPS) is 10.8. The maximum absolute atomic E-state index is 11.6. The summed E-state index contributed by atoms with van der Waals surface area (Å²) in [5.41, 5.74) is 0. The number of alkyl halides is 2. The van der Waals surface area contributed by atoms with Gasteiger partial charge < -0.3 is 40.1 Å². The Balaban J connectivity index is -0.0000000524. The number of carbonyl (C=O) groups is 4. The number of ether oxygens (including phenoxy) is 4. The van der Waals surface area contributed by atoms with Crippen LogP contribution < -0.4 is 103 Å². The predicted octanol–water partition coefficient (Wildman–Crippen LogP) is 7.03. The zero-order valence-corrected chi connectivity index (χ0v) is 60.0. The van der Waals surface area contributed by atoms with E-state index in [1.54, 1.807) is 78.9 Å². The number of hydrogen-bond donors (Lipinski definition) is 4. The van der Waals surface area contributed by atoms with Gasteiger partial charge in [-0.15, -0.1) is 23.5 Å². The Bertz CT molecular complexity index is 1080. The smallest absolute Gasteiger partial charge is 0.870 e. The molecule has 0 radical (unpaired) electrons. The number of aliphatic hydroxyl groups is 2. The van der Waals surface area contributed by atoms with Gasteiger partial charge >= 0.3 is 127 Å². The molecule has 0 aliphatic heterocycles. The second kappa shape index (κ2) is 51.8. The molecule has 12 nitrogen and oxygen atoms in total. The van der Waals surface area contributed by atoms with Gasteiger partial charge in [-0.3, -0.25) is 19.2 Å². The number of carbonyl (C=O) groups excluding carboxylic acids is 4. The van der Waals surface area contributed by atoms with E-state index in [1.165, 1.54) is 0 Å². The van der Waals surface area contributed by atoms with Crippen LogP contribution in [0.1, 0.15) is 193 Å². The van der Waals surface area contributed by atoms with Gasteiger partial charge in [-0.2, -0.15) is 25.3 Å². The van der Waals surface area contributed by atoms with E-state index in [-0.39, 0.29) is 170 Å². The molecule has 0 rings (SSSR count). The van der Waals surface area contributed by atoms with Gasteiger partial charge in [0.05, 0.1) is 26.4 Å². The van der Waals surface area contributed by atoms with Gasteiger partial charge in [-0.05, 0) is 110 Å². The summed E-state index contributed by atoms with van der Waals surface area (Å²) in [6, 6.07) is 0. The number of rotatable bonds is 13. The van der Waals surface area contributed by atoms with Crippen LogP contribution in [0.25, 0.3) is 0 Å². The van der Waals surface area contributed by atoms with Crippen molar-refractivity contribution >= 4 is 105 Å². The molecule has 0 aliphatic rings. The molecule has 0 spiro atoms. The molecule has 0 saturated carbocycles. The fourth-order valence-corrected chi connectivity index (χ4v) is 6.40. The molecule has 20 heteroatoms. The number of esters is 4. The molecule has 0 atom stereocenters. The molecule has 4 N–H and O–H groups in total. The van der Waals surface area contributed by atoms with Crippen LogP contribution in [0.3, 0.4) is 0 Å². The van der Waals surface area contributed by atoms with E-state index in [4.69, 9.17) is 29.2 Å². The van der Waals surface area contributed by atoms with Crippen LogP contribution in [0.5, 0.6) is 0 Å². The summed E-state index contributed by atoms with van der Waals surface area (Å²) < 4.78 is 18.1. The molecule has 0 fully saturated rings. The van der Waals surface area contributed by atoms with Crippen molar-refractivity contribution in [3.63, 3.8) is 0 Å². The summed E-state index contributed by atoms with van der Waals surface area (Å²) in [7, 11) is 0. The van der Waals surface area contributed by atoms with Gasteiger partial charge in [0.1, 0.15) is 18.1 Å². The third kappa shape index (κ3) is 90.1. The summed E-state index contributed by atoms with van der Waals surface area (Å²) in [6.07, 6.45) is 2.18. The second-order valence-corrected chi connectivity index (χ2v) is 29.5. The summed E-state index contributed by atoms with van der Waals surface area (Å²) in [5, 5.41) is 15.1. The number of halogens is 2. The summed E-state index contributed by atoms with van der Waals surface area (Å²) in [5.74, 6) is -0.684. The van der Waals surface area contributed by atoms with Crippen LogP contribution in [0.15, 0.2) is 0 Å². The standard InChI is InChI=1S/C11H22O2S.C10H20O2S.2C6H11BrO2.C5H12S.C4H10S.2C2H6O.2K.2H2O/c1-7-10(3,4)14-11(5,6)9(12)13-8-2;1-7-12-8(11)10(5,6)13-9(2,3)4;2*1-4-9-5(8)6(2,3)7;1-4-5(2,3)6;1-4(2,3)5;2*1-2-3;;;;/h7-8H2,1-6H3;7H2,1-6H3;2*4H2,1-3H3;6H,4H2,1-3H3;5H,1-3H3;2*3H,2H2,1H3;;;2*1H2/q;;;;;;;;2*+1;;/p-2. The summed E-state index contributed by atoms with van der Waals surface area (Å²) >= 11 is 18.0. The van der Waals surface area contributed by atoms with Gasteiger partial charge in [0.15, 0.2) is 0 Å². The van der Waals surface area contributed by atoms with Crippen LogP contribution in [0.2, 0.25) is 0 Å². The zero-order valence-electron chi connectivity index (χ0n) is 47.2. The van der Waals surface area contributed by atoms with Crippen molar-refractivity contribution in [3.05, 3.63) is 0 Å². The number of hydrogen-bond acceptors (Lipinski definition) is 16. The third-order valence-corrected chi connectivity index (χ3v) is 9.64. The third-order valence-electron chi connectivity index (χ3n) is 5.87. The molecule has 0 unspecified atom stereocenters. The SMILES string of the molecule is CC(C)(C)S.CCC(C)(C)S.CCO.CCO.CCOC(=O)C(C)(C)Br.CCOC(=O)C(C)(C)Br.CCOC(=O)C(C)(C)SC(C)(C)C.CCOC(=O)C(C)(C)SC(C)(C)CC.[K+].[K+].[OH-].[OH-]. The Kier molecular flexibility index (Phi) is 77.3. The average Bonchev–Trinajstić information content (AvgIpc) is 3.04. The molecular formula is C46H100Br2K2O12S4. The minimum absolute atomic E-state index is 0. The molecule has 0 aliphatic carbocycles. The monoisotopic (exact) mass is 1210 g/mol. The summed E-state index contributed by atoms with van der Waals surface area (Å²) in [6.45, 7) is 52.8. The fraction of sp³-hybridized carbons (Fsp3) is 0.913. The van der Waals surface area contributed by atoms with Gasteiger partial charge in [0.2, 0.25) is 0 Å². The molecule has 0 saturated heterocycles. The number of aliphatic hydroxyl groups excluding tert-OH is 2. The van der Waals surface area contributed by atoms with E-state index < -0.39 is 18.1 Å². The van der Waals surface area contributed by atoms with Crippen molar-refractivity contribution in [2.24, 2.45) is 0 Å². The van der Waals surface area contributed by atoms with Crippen molar-refractivity contribution in [3.8, 4) is 0 Å². The molecular weight excluding hydrogens is 1110 g/mol. The average molecular weight is 1210 g/mol. The van der Waals surface area contributed by atoms with Crippen molar-refractivity contribution < 1.29 is 162 Å². The summed E-state index contributed by atoms with van der Waals surface area (Å²) in [4.78, 5) is 44.7. The maximum atomic E-state index is 11.6. The van der Waals surface area contributed by atoms with E-state index in [2.05, 4.69) is 140 Å². The van der Waals surface area contributed by atoms with E-state index in [0.29, 0.717) is 26.4 Å². The molecule has 0 aromatic heterocycles. The van der Waals surface area contributed by atoms with E-state index in [0.717, 1.165) is 12.8 Å². The van der Waals surface area contributed by atoms with E-state index in [1.807, 2.05) is 41.5 Å². The second-order valence-electron chi connectivity index (χ2n) is 18.2. The van der Waals surface area contributed by atoms with Crippen LogP contribution in [0.4, 0.5) is 0 Å². The first-order chi connectivity index (χ1) is 27.3. The van der Waals surface area contributed by atoms with Gasteiger partial charge in [-0.1, -0.05) is 115 Å². The van der Waals surface area contributed by atoms with Crippen LogP contribution >= 0.6 is 80.6 Å². The Morgan fingerprint density at radius 3 is 0.758 bits per heavy atom. The number of thiol groups is 2. The van der Waals surface area contributed by atoms with Crippen LogP contribution in [-0.4, -0.2) is 122 Å². The Labute approximate surface area is 528 Å². The van der Waals surface area contributed by atoms with Gasteiger partial charge in [0, 0.05) is 32.2 Å². The van der Waals surface area contributed by atoms with Gasteiger partial charge in [0.25, 0.3) is 0 Å². The van der Waals surface area contributed by atoms with Crippen LogP contribution in [-0.2, 0) is 38.1 Å². The van der Waals surface area contributed by atoms with Gasteiger partial charge in [-0.25, -0.2) is 0 Å². The Morgan fingerprint density at radius 1 is 0.455 bits per heavy atom. The van der Waals surface area contributed by atoms with Crippen LogP contribution in [0, 0.1) is 0 Å². The molecule has 66 heavy (non-hydrogen) atoms. The zero-order chi connectivity index (χ0) is 52.2. The first-order valence-corrected chi connectivity index (χ1v) is 25.5. The van der Waals surface area contributed by atoms with Crippen molar-refractivity contribution in [2.75, 3.05) is 39.6 Å². The Morgan fingerprint density at radius 2 is 0.636 bits per heavy atom. The molecule has 396 valence electrons. The minimum Gasteiger partial charge on any atom is -0.870 e. The molecule has 0 bridgehead atoms. The number of thioether (sulfide) groups is 2. The largest absolute Gasteiger partial charge is 1.00 e. The van der Waals surface area contributed by atoms with E-state index >= 15 is 0 Å². The predicted molar refractivity (Wildman–Crippen MR) is 291 cm³/mol. The Hall–Kier alpha value is 3.35. The van der Waals surface area contributed by atoms with Crippen molar-refractivity contribution in [1.29, 1.82) is 0 Å². The molecule has 0 aromatic rings. The minimum atomic E-state index is -0.539. The quantitative estimate of drug-likeness (QED) is 0.0481. The first-order valence-electron chi connectivity index (χ1n) is 21.4. The topological polar surface area (TPSA) is 206 Å². The van der Waals surface area contributed by atoms with Crippen molar-refractivity contribution in [2.45, 2.75) is 230 Å². The molecule has 0 amide bonds. The van der Waals surface area contributed by atoms with E-state index in [9.17, 15) is 19.2 Å². The maximum Gasteiger partial charge on any atom is 1.00 e. The fourth-order valence-electron chi connectivity index (χ4n) is 2.83. The molecule has 0 heterocycles.